The van der Waals surface area contributed by atoms with Crippen LogP contribution in [0.1, 0.15) is 31.9 Å². The first-order valence-corrected chi connectivity index (χ1v) is 6.45. The summed E-state index contributed by atoms with van der Waals surface area (Å²) in [6, 6.07) is 8.29. The number of aliphatic hydroxyl groups is 1. The van der Waals surface area contributed by atoms with E-state index < -0.39 is 0 Å². The maximum Gasteiger partial charge on any atom is 0.0601 e. The number of hydrogen-bond acceptors (Lipinski definition) is 3. The average Bonchev–Trinajstić information content (AvgIpc) is 2.27. The Kier molecular flexibility index (Phi) is 3.49. The summed E-state index contributed by atoms with van der Waals surface area (Å²) in [7, 11) is 0. The summed E-state index contributed by atoms with van der Waals surface area (Å²) in [6.45, 7) is 7.79. The molecule has 0 bridgehead atoms. The summed E-state index contributed by atoms with van der Waals surface area (Å²) in [5.41, 5.74) is 8.46. The van der Waals surface area contributed by atoms with Gasteiger partial charge in [-0.05, 0) is 16.5 Å². The molecule has 1 heterocycles. The highest BCUT2D eigenvalue weighted by molar-refractivity contribution is 5.35. The van der Waals surface area contributed by atoms with Gasteiger partial charge in [0.15, 0.2) is 0 Å². The Morgan fingerprint density at radius 2 is 1.83 bits per heavy atom. The van der Waals surface area contributed by atoms with E-state index in [1.807, 2.05) is 0 Å². The van der Waals surface area contributed by atoms with Crippen molar-refractivity contribution in [1.29, 1.82) is 0 Å². The molecule has 1 aromatic carbocycles. The first kappa shape index (κ1) is 13.5. The smallest absolute Gasteiger partial charge is 0.0601 e. The third-order valence-corrected chi connectivity index (χ3v) is 3.95. The third kappa shape index (κ3) is 2.18. The van der Waals surface area contributed by atoms with Crippen LogP contribution in [0.5, 0.6) is 0 Å². The fourth-order valence-electron chi connectivity index (χ4n) is 2.39. The summed E-state index contributed by atoms with van der Waals surface area (Å²) >= 11 is 0. The topological polar surface area (TPSA) is 55.5 Å². The van der Waals surface area contributed by atoms with Gasteiger partial charge in [0.05, 0.1) is 25.2 Å². The number of aliphatic hydroxyl groups excluding tert-OH is 1. The number of nitrogens with two attached hydrogens (primary N) is 1. The molecule has 0 amide bonds. The van der Waals surface area contributed by atoms with Crippen LogP contribution in [0.15, 0.2) is 24.3 Å². The lowest BCUT2D eigenvalue weighted by atomic mass is 9.72. The maximum atomic E-state index is 9.30. The number of rotatable bonds is 3. The molecular weight excluding hydrogens is 226 g/mol. The molecular formula is C15H23NO2. The van der Waals surface area contributed by atoms with E-state index in [-0.39, 0.29) is 23.5 Å². The molecule has 1 saturated heterocycles. The van der Waals surface area contributed by atoms with E-state index in [9.17, 15) is 5.11 Å². The molecule has 3 nitrogen and oxygen atoms in total. The second-order valence-corrected chi connectivity index (χ2v) is 6.27. The first-order valence-electron chi connectivity index (χ1n) is 6.45. The molecule has 1 unspecified atom stereocenters. The minimum Gasteiger partial charge on any atom is -0.395 e. The monoisotopic (exact) mass is 249 g/mol. The SMILES string of the molecule is CC(C)(C)c1ccc(C2(C(N)CO)COC2)cc1. The van der Waals surface area contributed by atoms with E-state index in [0.717, 1.165) is 0 Å². The van der Waals surface area contributed by atoms with Crippen molar-refractivity contribution in [2.75, 3.05) is 19.8 Å². The Labute approximate surface area is 109 Å². The Bertz CT molecular complexity index is 401. The zero-order chi connectivity index (χ0) is 13.4. The zero-order valence-corrected chi connectivity index (χ0v) is 11.4. The molecule has 1 aromatic rings. The largest absolute Gasteiger partial charge is 0.395 e. The zero-order valence-electron chi connectivity index (χ0n) is 11.4. The summed E-state index contributed by atoms with van der Waals surface area (Å²) in [5, 5.41) is 9.30. The van der Waals surface area contributed by atoms with Crippen LogP contribution in [0.2, 0.25) is 0 Å². The Morgan fingerprint density at radius 1 is 1.28 bits per heavy atom. The fourth-order valence-corrected chi connectivity index (χ4v) is 2.39. The van der Waals surface area contributed by atoms with Crippen molar-refractivity contribution < 1.29 is 9.84 Å². The molecule has 0 saturated carbocycles. The highest BCUT2D eigenvalue weighted by Gasteiger charge is 2.45. The Balaban J connectivity index is 2.28. The van der Waals surface area contributed by atoms with Crippen molar-refractivity contribution >= 4 is 0 Å². The van der Waals surface area contributed by atoms with Crippen molar-refractivity contribution in [2.24, 2.45) is 5.73 Å². The lowest BCUT2D eigenvalue weighted by Gasteiger charge is -2.45. The van der Waals surface area contributed by atoms with Gasteiger partial charge in [-0.1, -0.05) is 45.0 Å². The van der Waals surface area contributed by atoms with Gasteiger partial charge in [0.25, 0.3) is 0 Å². The van der Waals surface area contributed by atoms with Gasteiger partial charge in [0.2, 0.25) is 0 Å². The molecule has 2 rings (SSSR count). The number of hydrogen-bond donors (Lipinski definition) is 2. The molecule has 1 aliphatic heterocycles. The van der Waals surface area contributed by atoms with Crippen LogP contribution >= 0.6 is 0 Å². The highest BCUT2D eigenvalue weighted by Crippen LogP contribution is 2.36. The van der Waals surface area contributed by atoms with Crippen LogP contribution in [0, 0.1) is 0 Å². The molecule has 1 aliphatic rings. The standard InChI is InChI=1S/C15H23NO2/c1-14(2,3)11-4-6-12(7-5-11)15(9-18-10-15)13(16)8-17/h4-7,13,17H,8-10,16H2,1-3H3. The van der Waals surface area contributed by atoms with Gasteiger partial charge < -0.3 is 15.6 Å². The predicted octanol–water partition coefficient (Wildman–Crippen LogP) is 1.57. The molecule has 0 aliphatic carbocycles. The van der Waals surface area contributed by atoms with Crippen molar-refractivity contribution in [3.63, 3.8) is 0 Å². The van der Waals surface area contributed by atoms with Gasteiger partial charge in [-0.15, -0.1) is 0 Å². The summed E-state index contributed by atoms with van der Waals surface area (Å²) in [6.07, 6.45) is 0. The molecule has 3 N–H and O–H groups in total. The fraction of sp³-hybridized carbons (Fsp3) is 0.600. The van der Waals surface area contributed by atoms with E-state index in [4.69, 9.17) is 10.5 Å². The Hall–Kier alpha value is -0.900. The second kappa shape index (κ2) is 4.65. The lowest BCUT2D eigenvalue weighted by Crippen LogP contribution is -2.60. The van der Waals surface area contributed by atoms with Gasteiger partial charge in [-0.2, -0.15) is 0 Å². The average molecular weight is 249 g/mol. The van der Waals surface area contributed by atoms with Gasteiger partial charge >= 0.3 is 0 Å². The molecule has 0 aromatic heterocycles. The quantitative estimate of drug-likeness (QED) is 0.855. The highest BCUT2D eigenvalue weighted by atomic mass is 16.5. The van der Waals surface area contributed by atoms with E-state index in [1.165, 1.54) is 11.1 Å². The summed E-state index contributed by atoms with van der Waals surface area (Å²) in [4.78, 5) is 0. The van der Waals surface area contributed by atoms with Crippen LogP contribution in [0.25, 0.3) is 0 Å². The van der Waals surface area contributed by atoms with Crippen LogP contribution in [0.3, 0.4) is 0 Å². The normalized spacial score (nSPS) is 20.3. The van der Waals surface area contributed by atoms with Crippen LogP contribution in [-0.4, -0.2) is 31.0 Å². The van der Waals surface area contributed by atoms with Crippen molar-refractivity contribution in [2.45, 2.75) is 37.6 Å². The van der Waals surface area contributed by atoms with Crippen LogP contribution in [0.4, 0.5) is 0 Å². The van der Waals surface area contributed by atoms with Crippen molar-refractivity contribution in [1.82, 2.24) is 0 Å². The summed E-state index contributed by atoms with van der Waals surface area (Å²) in [5.74, 6) is 0. The van der Waals surface area contributed by atoms with Crippen LogP contribution in [-0.2, 0) is 15.6 Å². The second-order valence-electron chi connectivity index (χ2n) is 6.27. The minimum absolute atomic E-state index is 0.00954. The number of ether oxygens (including phenoxy) is 1. The maximum absolute atomic E-state index is 9.30. The Morgan fingerprint density at radius 3 is 2.17 bits per heavy atom. The third-order valence-electron chi connectivity index (χ3n) is 3.95. The molecule has 1 atom stereocenters. The molecule has 1 fully saturated rings. The van der Waals surface area contributed by atoms with Crippen LogP contribution < -0.4 is 5.73 Å². The number of benzene rings is 1. The van der Waals surface area contributed by atoms with Gasteiger partial charge in [0, 0.05) is 6.04 Å². The van der Waals surface area contributed by atoms with Gasteiger partial charge in [0.1, 0.15) is 0 Å². The van der Waals surface area contributed by atoms with E-state index in [2.05, 4.69) is 45.0 Å². The van der Waals surface area contributed by atoms with E-state index >= 15 is 0 Å². The summed E-state index contributed by atoms with van der Waals surface area (Å²) < 4.78 is 5.32. The van der Waals surface area contributed by atoms with Gasteiger partial charge in [-0.25, -0.2) is 0 Å². The van der Waals surface area contributed by atoms with E-state index in [1.54, 1.807) is 0 Å². The lowest BCUT2D eigenvalue weighted by molar-refractivity contribution is -0.0798. The molecule has 0 spiro atoms. The molecule has 3 heteroatoms. The molecule has 18 heavy (non-hydrogen) atoms. The predicted molar refractivity (Wildman–Crippen MR) is 72.7 cm³/mol. The minimum atomic E-state index is -0.258. The van der Waals surface area contributed by atoms with Crippen molar-refractivity contribution in [3.8, 4) is 0 Å². The first-order chi connectivity index (χ1) is 8.40. The van der Waals surface area contributed by atoms with Gasteiger partial charge in [-0.3, -0.25) is 0 Å². The van der Waals surface area contributed by atoms with E-state index in [0.29, 0.717) is 13.2 Å². The molecule has 100 valence electrons. The van der Waals surface area contributed by atoms with Crippen molar-refractivity contribution in [3.05, 3.63) is 35.4 Å². The molecule has 0 radical (unpaired) electrons.